The number of hydrogen-bond acceptors (Lipinski definition) is 3. The molecule has 5 nitrogen and oxygen atoms in total. The molecule has 0 unspecified atom stereocenters. The summed E-state index contributed by atoms with van der Waals surface area (Å²) in [4.78, 5) is 0. The monoisotopic (exact) mass is 317 g/mol. The van der Waals surface area contributed by atoms with E-state index in [2.05, 4.69) is 5.32 Å². The lowest BCUT2D eigenvalue weighted by molar-refractivity contribution is 0.384. The molecule has 0 heterocycles. The molecule has 0 amide bonds. The van der Waals surface area contributed by atoms with Gasteiger partial charge in [0.05, 0.1) is 0 Å². The molecule has 120 valence electrons. The van der Waals surface area contributed by atoms with E-state index >= 15 is 0 Å². The Morgan fingerprint density at radius 2 is 1.95 bits per heavy atom. The molecule has 0 atom stereocenters. The molecular weight excluding hydrogens is 293 g/mol. The summed E-state index contributed by atoms with van der Waals surface area (Å²) < 4.78 is 40.3. The van der Waals surface area contributed by atoms with Gasteiger partial charge in [0.2, 0.25) is 0 Å². The van der Waals surface area contributed by atoms with E-state index in [4.69, 9.17) is 0 Å². The van der Waals surface area contributed by atoms with Gasteiger partial charge in [-0.1, -0.05) is 19.1 Å². The van der Waals surface area contributed by atoms with Gasteiger partial charge < -0.3 is 5.32 Å². The minimum atomic E-state index is -3.52. The SMILES string of the molecule is CCNCCCN(C)S(=O)(=O)N(C)Cc1cccc(F)c1. The number of nitrogens with one attached hydrogen (secondary N) is 1. The molecule has 1 aromatic rings. The van der Waals surface area contributed by atoms with Crippen molar-refractivity contribution in [3.05, 3.63) is 35.6 Å². The Morgan fingerprint density at radius 3 is 2.57 bits per heavy atom. The Kier molecular flexibility index (Phi) is 7.24. The minimum absolute atomic E-state index is 0.150. The second kappa shape index (κ2) is 8.43. The van der Waals surface area contributed by atoms with Crippen LogP contribution in [-0.4, -0.2) is 50.8 Å². The van der Waals surface area contributed by atoms with Crippen LogP contribution in [0.15, 0.2) is 24.3 Å². The first-order valence-corrected chi connectivity index (χ1v) is 8.40. The maximum absolute atomic E-state index is 13.1. The van der Waals surface area contributed by atoms with Crippen molar-refractivity contribution >= 4 is 10.2 Å². The van der Waals surface area contributed by atoms with Crippen molar-refractivity contribution in [3.63, 3.8) is 0 Å². The van der Waals surface area contributed by atoms with Gasteiger partial charge in [-0.2, -0.15) is 17.0 Å². The largest absolute Gasteiger partial charge is 0.317 e. The van der Waals surface area contributed by atoms with Crippen molar-refractivity contribution < 1.29 is 12.8 Å². The summed E-state index contributed by atoms with van der Waals surface area (Å²) in [6.45, 7) is 4.26. The number of nitrogens with zero attached hydrogens (tertiary/aromatic N) is 2. The number of halogens is 1. The van der Waals surface area contributed by atoms with Gasteiger partial charge in [0, 0.05) is 27.2 Å². The highest BCUT2D eigenvalue weighted by atomic mass is 32.2. The molecule has 0 aromatic heterocycles. The van der Waals surface area contributed by atoms with Crippen molar-refractivity contribution in [2.24, 2.45) is 0 Å². The van der Waals surface area contributed by atoms with Gasteiger partial charge in [0.25, 0.3) is 10.2 Å². The molecule has 0 spiro atoms. The smallest absolute Gasteiger partial charge is 0.281 e. The fourth-order valence-electron chi connectivity index (χ4n) is 1.93. The normalized spacial score (nSPS) is 12.3. The Bertz CT molecular complexity index is 537. The van der Waals surface area contributed by atoms with Gasteiger partial charge in [0.1, 0.15) is 5.82 Å². The third-order valence-electron chi connectivity index (χ3n) is 3.16. The summed E-state index contributed by atoms with van der Waals surface area (Å²) >= 11 is 0. The molecular formula is C14H24FN3O2S. The number of benzene rings is 1. The van der Waals surface area contributed by atoms with Gasteiger partial charge >= 0.3 is 0 Å². The van der Waals surface area contributed by atoms with Gasteiger partial charge in [-0.3, -0.25) is 0 Å². The Labute approximate surface area is 126 Å². The zero-order valence-electron chi connectivity index (χ0n) is 12.8. The van der Waals surface area contributed by atoms with E-state index in [-0.39, 0.29) is 12.4 Å². The minimum Gasteiger partial charge on any atom is -0.317 e. The van der Waals surface area contributed by atoms with Crippen LogP contribution in [0.3, 0.4) is 0 Å². The highest BCUT2D eigenvalue weighted by Gasteiger charge is 2.23. The van der Waals surface area contributed by atoms with Crippen molar-refractivity contribution in [2.45, 2.75) is 19.9 Å². The van der Waals surface area contributed by atoms with E-state index in [0.717, 1.165) is 19.5 Å². The zero-order valence-corrected chi connectivity index (χ0v) is 13.7. The van der Waals surface area contributed by atoms with Crippen molar-refractivity contribution in [1.82, 2.24) is 13.9 Å². The second-order valence-corrected chi connectivity index (χ2v) is 7.06. The Morgan fingerprint density at radius 1 is 1.24 bits per heavy atom. The average Bonchev–Trinajstić information content (AvgIpc) is 2.43. The van der Waals surface area contributed by atoms with Crippen LogP contribution in [0.4, 0.5) is 4.39 Å². The molecule has 1 rings (SSSR count). The Balaban J connectivity index is 2.59. The molecule has 0 aliphatic heterocycles. The van der Waals surface area contributed by atoms with E-state index in [1.54, 1.807) is 19.2 Å². The first-order chi connectivity index (χ1) is 9.87. The highest BCUT2D eigenvalue weighted by molar-refractivity contribution is 7.86. The van der Waals surface area contributed by atoms with E-state index < -0.39 is 10.2 Å². The summed E-state index contributed by atoms with van der Waals surface area (Å²) in [5.74, 6) is -0.364. The molecule has 21 heavy (non-hydrogen) atoms. The third-order valence-corrected chi connectivity index (χ3v) is 5.05. The van der Waals surface area contributed by atoms with Crippen LogP contribution in [0.1, 0.15) is 18.9 Å². The highest BCUT2D eigenvalue weighted by Crippen LogP contribution is 2.11. The lowest BCUT2D eigenvalue weighted by atomic mass is 10.2. The van der Waals surface area contributed by atoms with Crippen LogP contribution in [-0.2, 0) is 16.8 Å². The molecule has 0 fully saturated rings. The fourth-order valence-corrected chi connectivity index (χ4v) is 3.08. The van der Waals surface area contributed by atoms with E-state index in [1.165, 1.54) is 27.8 Å². The standard InChI is InChI=1S/C14H24FN3O2S/c1-4-16-9-6-10-17(2)21(19,20)18(3)12-13-7-5-8-14(15)11-13/h5,7-8,11,16H,4,6,9-10,12H2,1-3H3. The lowest BCUT2D eigenvalue weighted by Crippen LogP contribution is -2.40. The van der Waals surface area contributed by atoms with Gasteiger partial charge in [0.15, 0.2) is 0 Å². The topological polar surface area (TPSA) is 52.7 Å². The molecule has 0 bridgehead atoms. The summed E-state index contributed by atoms with van der Waals surface area (Å²) in [5.41, 5.74) is 0.627. The van der Waals surface area contributed by atoms with Crippen LogP contribution in [0.2, 0.25) is 0 Å². The maximum atomic E-state index is 13.1. The summed E-state index contributed by atoms with van der Waals surface area (Å²) in [6, 6.07) is 5.97. The van der Waals surface area contributed by atoms with Crippen LogP contribution in [0.25, 0.3) is 0 Å². The quantitative estimate of drug-likeness (QED) is 0.701. The first-order valence-electron chi connectivity index (χ1n) is 7.00. The van der Waals surface area contributed by atoms with E-state index in [0.29, 0.717) is 12.1 Å². The van der Waals surface area contributed by atoms with Crippen LogP contribution < -0.4 is 5.32 Å². The molecule has 0 saturated carbocycles. The molecule has 0 radical (unpaired) electrons. The molecule has 1 N–H and O–H groups in total. The summed E-state index contributed by atoms with van der Waals surface area (Å²) in [7, 11) is -0.461. The third kappa shape index (κ3) is 5.70. The van der Waals surface area contributed by atoms with Gasteiger partial charge in [-0.15, -0.1) is 0 Å². The maximum Gasteiger partial charge on any atom is 0.281 e. The van der Waals surface area contributed by atoms with Gasteiger partial charge in [-0.05, 0) is 37.2 Å². The summed E-state index contributed by atoms with van der Waals surface area (Å²) in [5, 5.41) is 3.15. The molecule has 7 heteroatoms. The predicted octanol–water partition coefficient (Wildman–Crippen LogP) is 1.43. The summed E-state index contributed by atoms with van der Waals surface area (Å²) in [6.07, 6.45) is 0.747. The Hall–Kier alpha value is -1.02. The van der Waals surface area contributed by atoms with E-state index in [9.17, 15) is 12.8 Å². The fraction of sp³-hybridized carbons (Fsp3) is 0.571. The number of rotatable bonds is 9. The van der Waals surface area contributed by atoms with Crippen LogP contribution in [0.5, 0.6) is 0 Å². The second-order valence-electron chi connectivity index (χ2n) is 4.92. The zero-order chi connectivity index (χ0) is 15.9. The molecule has 0 saturated heterocycles. The van der Waals surface area contributed by atoms with Crippen molar-refractivity contribution in [1.29, 1.82) is 0 Å². The lowest BCUT2D eigenvalue weighted by Gasteiger charge is -2.24. The van der Waals surface area contributed by atoms with Crippen molar-refractivity contribution in [2.75, 3.05) is 33.7 Å². The first kappa shape index (κ1) is 18.0. The van der Waals surface area contributed by atoms with Crippen molar-refractivity contribution in [3.8, 4) is 0 Å². The predicted molar refractivity (Wildman–Crippen MR) is 82.6 cm³/mol. The number of hydrogen-bond donors (Lipinski definition) is 1. The van der Waals surface area contributed by atoms with Gasteiger partial charge in [-0.25, -0.2) is 4.39 Å². The van der Waals surface area contributed by atoms with Crippen LogP contribution in [0, 0.1) is 5.82 Å². The molecule has 0 aliphatic rings. The average molecular weight is 317 g/mol. The molecule has 1 aromatic carbocycles. The van der Waals surface area contributed by atoms with Crippen LogP contribution >= 0.6 is 0 Å². The molecule has 0 aliphatic carbocycles. The van der Waals surface area contributed by atoms with E-state index in [1.807, 2.05) is 6.92 Å².